The van der Waals surface area contributed by atoms with E-state index in [-0.39, 0.29) is 6.03 Å². The zero-order valence-corrected chi connectivity index (χ0v) is 11.0. The van der Waals surface area contributed by atoms with E-state index in [4.69, 9.17) is 5.11 Å². The molecule has 1 fully saturated rings. The summed E-state index contributed by atoms with van der Waals surface area (Å²) in [5.41, 5.74) is 0. The second-order valence-corrected chi connectivity index (χ2v) is 5.12. The third-order valence-corrected chi connectivity index (χ3v) is 3.75. The number of carboxylic acid groups (broad SMARTS) is 1. The van der Waals surface area contributed by atoms with Crippen LogP contribution in [0.4, 0.5) is 4.79 Å². The summed E-state index contributed by atoms with van der Waals surface area (Å²) in [7, 11) is 0. The highest BCUT2D eigenvalue weighted by atomic mass is 32.2. The van der Waals surface area contributed by atoms with Crippen molar-refractivity contribution in [1.29, 1.82) is 0 Å². The van der Waals surface area contributed by atoms with Crippen LogP contribution in [0, 0.1) is 0 Å². The number of unbranched alkanes of at least 4 members (excludes halogenated alkanes) is 3. The molecule has 0 unspecified atom stereocenters. The average molecular weight is 260 g/mol. The van der Waals surface area contributed by atoms with E-state index in [0.717, 1.165) is 19.3 Å². The fourth-order valence-electron chi connectivity index (χ4n) is 1.70. The van der Waals surface area contributed by atoms with Gasteiger partial charge in [-0.2, -0.15) is 0 Å². The van der Waals surface area contributed by atoms with Crippen LogP contribution in [0.1, 0.15) is 32.6 Å². The summed E-state index contributed by atoms with van der Waals surface area (Å²) in [6.45, 7) is 2.77. The van der Waals surface area contributed by atoms with Gasteiger partial charge < -0.3 is 15.3 Å². The summed E-state index contributed by atoms with van der Waals surface area (Å²) in [5, 5.41) is 11.7. The van der Waals surface area contributed by atoms with E-state index in [1.54, 1.807) is 0 Å². The molecule has 1 atom stereocenters. The zero-order chi connectivity index (χ0) is 12.7. The van der Waals surface area contributed by atoms with E-state index in [0.29, 0.717) is 18.2 Å². The first-order valence-electron chi connectivity index (χ1n) is 6.01. The quantitative estimate of drug-likeness (QED) is 0.714. The number of nitrogens with one attached hydrogen (secondary N) is 1. The summed E-state index contributed by atoms with van der Waals surface area (Å²) in [5.74, 6) is 0.0345. The van der Waals surface area contributed by atoms with Gasteiger partial charge in [0, 0.05) is 12.3 Å². The van der Waals surface area contributed by atoms with Gasteiger partial charge in [0.25, 0.3) is 0 Å². The molecule has 0 aromatic rings. The minimum absolute atomic E-state index is 0.251. The summed E-state index contributed by atoms with van der Waals surface area (Å²) < 4.78 is 0. The number of nitrogens with zero attached hydrogens (tertiary/aromatic N) is 1. The summed E-state index contributed by atoms with van der Waals surface area (Å²) in [6.07, 6.45) is 4.40. The van der Waals surface area contributed by atoms with E-state index in [1.165, 1.54) is 23.1 Å². The Labute approximate surface area is 106 Å². The van der Waals surface area contributed by atoms with E-state index >= 15 is 0 Å². The highest BCUT2D eigenvalue weighted by molar-refractivity contribution is 7.99. The minimum atomic E-state index is -0.920. The molecule has 2 amide bonds. The molecule has 5 nitrogen and oxygen atoms in total. The number of carbonyl (C=O) groups is 2. The van der Waals surface area contributed by atoms with Crippen LogP contribution in [-0.4, -0.2) is 46.2 Å². The van der Waals surface area contributed by atoms with Gasteiger partial charge in [-0.05, 0) is 6.42 Å². The van der Waals surface area contributed by atoms with Crippen molar-refractivity contribution in [2.75, 3.05) is 18.2 Å². The Kier molecular flexibility index (Phi) is 6.18. The molecule has 0 bridgehead atoms. The molecular formula is C11H20N2O3S. The molecule has 17 heavy (non-hydrogen) atoms. The standard InChI is InChI=1S/C11H20N2O3S/c1-2-3-4-5-6-12-11(16)13-8-17-7-9(13)10(14)15/h9H,2-8H2,1H3,(H,12,16)(H,14,15)/t9-/m0/s1. The van der Waals surface area contributed by atoms with Crippen molar-refractivity contribution in [2.24, 2.45) is 0 Å². The second-order valence-electron chi connectivity index (χ2n) is 4.12. The summed E-state index contributed by atoms with van der Waals surface area (Å²) in [4.78, 5) is 24.0. The highest BCUT2D eigenvalue weighted by Crippen LogP contribution is 2.20. The lowest BCUT2D eigenvalue weighted by Crippen LogP contribution is -2.47. The lowest BCUT2D eigenvalue weighted by molar-refractivity contribution is -0.140. The number of hydrogen-bond donors (Lipinski definition) is 2. The van der Waals surface area contributed by atoms with Gasteiger partial charge in [-0.1, -0.05) is 26.2 Å². The van der Waals surface area contributed by atoms with Crippen molar-refractivity contribution in [3.63, 3.8) is 0 Å². The number of amides is 2. The van der Waals surface area contributed by atoms with Crippen LogP contribution in [0.15, 0.2) is 0 Å². The van der Waals surface area contributed by atoms with Gasteiger partial charge in [0.15, 0.2) is 0 Å². The average Bonchev–Trinajstić information content (AvgIpc) is 2.77. The van der Waals surface area contributed by atoms with Crippen LogP contribution in [0.25, 0.3) is 0 Å². The topological polar surface area (TPSA) is 69.6 Å². The SMILES string of the molecule is CCCCCCNC(=O)N1CSC[C@H]1C(=O)O. The van der Waals surface area contributed by atoms with E-state index in [2.05, 4.69) is 12.2 Å². The van der Waals surface area contributed by atoms with Gasteiger partial charge in [-0.25, -0.2) is 9.59 Å². The zero-order valence-electron chi connectivity index (χ0n) is 10.1. The lowest BCUT2D eigenvalue weighted by Gasteiger charge is -2.20. The molecule has 1 aliphatic heterocycles. The molecule has 6 heteroatoms. The van der Waals surface area contributed by atoms with Crippen LogP contribution in [0.3, 0.4) is 0 Å². The van der Waals surface area contributed by atoms with Gasteiger partial charge in [-0.3, -0.25) is 0 Å². The highest BCUT2D eigenvalue weighted by Gasteiger charge is 2.34. The summed E-state index contributed by atoms with van der Waals surface area (Å²) >= 11 is 1.48. The molecule has 1 saturated heterocycles. The molecule has 0 radical (unpaired) electrons. The predicted molar refractivity (Wildman–Crippen MR) is 68.1 cm³/mol. The van der Waals surface area contributed by atoms with Crippen LogP contribution in [0.2, 0.25) is 0 Å². The van der Waals surface area contributed by atoms with Gasteiger partial charge in [0.2, 0.25) is 0 Å². The number of hydrogen-bond acceptors (Lipinski definition) is 3. The maximum absolute atomic E-state index is 11.7. The molecule has 2 N–H and O–H groups in total. The smallest absolute Gasteiger partial charge is 0.327 e. The van der Waals surface area contributed by atoms with Crippen LogP contribution < -0.4 is 5.32 Å². The molecule has 98 valence electrons. The van der Waals surface area contributed by atoms with E-state index in [1.807, 2.05) is 0 Å². The fourth-order valence-corrected chi connectivity index (χ4v) is 2.84. The maximum atomic E-state index is 11.7. The molecule has 0 aromatic carbocycles. The predicted octanol–water partition coefficient (Wildman–Crippen LogP) is 1.74. The van der Waals surface area contributed by atoms with Gasteiger partial charge >= 0.3 is 12.0 Å². The van der Waals surface area contributed by atoms with Crippen molar-refractivity contribution in [1.82, 2.24) is 10.2 Å². The largest absolute Gasteiger partial charge is 0.480 e. The Bertz CT molecular complexity index is 273. The molecule has 0 saturated carbocycles. The minimum Gasteiger partial charge on any atom is -0.480 e. The number of carboxylic acids is 1. The first-order valence-corrected chi connectivity index (χ1v) is 7.17. The number of thioether (sulfide) groups is 1. The Morgan fingerprint density at radius 1 is 1.41 bits per heavy atom. The molecule has 0 aromatic heterocycles. The summed E-state index contributed by atoms with van der Waals surface area (Å²) in [6, 6.07) is -0.922. The second kappa shape index (κ2) is 7.42. The number of rotatable bonds is 6. The first-order chi connectivity index (χ1) is 8.16. The molecule has 0 aliphatic carbocycles. The van der Waals surface area contributed by atoms with Gasteiger partial charge in [0.05, 0.1) is 5.88 Å². The van der Waals surface area contributed by atoms with E-state index < -0.39 is 12.0 Å². The maximum Gasteiger partial charge on any atom is 0.327 e. The Morgan fingerprint density at radius 2 is 2.18 bits per heavy atom. The van der Waals surface area contributed by atoms with Crippen molar-refractivity contribution in [2.45, 2.75) is 38.6 Å². The fraction of sp³-hybridized carbons (Fsp3) is 0.818. The molecular weight excluding hydrogens is 240 g/mol. The first kappa shape index (κ1) is 14.2. The van der Waals surface area contributed by atoms with Crippen molar-refractivity contribution in [3.05, 3.63) is 0 Å². The molecule has 1 aliphatic rings. The number of aliphatic carboxylic acids is 1. The van der Waals surface area contributed by atoms with Crippen LogP contribution in [0.5, 0.6) is 0 Å². The molecule has 1 heterocycles. The van der Waals surface area contributed by atoms with Crippen LogP contribution in [-0.2, 0) is 4.79 Å². The lowest BCUT2D eigenvalue weighted by atomic mass is 10.2. The Hall–Kier alpha value is -0.910. The number of carbonyl (C=O) groups excluding carboxylic acids is 1. The Balaban J connectivity index is 2.25. The number of urea groups is 1. The van der Waals surface area contributed by atoms with E-state index in [9.17, 15) is 9.59 Å². The molecule has 0 spiro atoms. The normalized spacial score (nSPS) is 19.4. The third-order valence-electron chi connectivity index (χ3n) is 2.73. The van der Waals surface area contributed by atoms with Crippen LogP contribution >= 0.6 is 11.8 Å². The molecule has 1 rings (SSSR count). The van der Waals surface area contributed by atoms with Crippen molar-refractivity contribution >= 4 is 23.8 Å². The van der Waals surface area contributed by atoms with Gasteiger partial charge in [0.1, 0.15) is 6.04 Å². The Morgan fingerprint density at radius 3 is 2.82 bits per heavy atom. The van der Waals surface area contributed by atoms with Gasteiger partial charge in [-0.15, -0.1) is 11.8 Å². The van der Waals surface area contributed by atoms with Crippen molar-refractivity contribution in [3.8, 4) is 0 Å². The third kappa shape index (κ3) is 4.46. The monoisotopic (exact) mass is 260 g/mol. The van der Waals surface area contributed by atoms with Crippen molar-refractivity contribution < 1.29 is 14.7 Å².